The van der Waals surface area contributed by atoms with E-state index in [1.165, 1.54) is 4.57 Å². The number of fused-ring (bicyclic) bond motifs is 6. The topological polar surface area (TPSA) is 87.6 Å². The zero-order valence-electron chi connectivity index (χ0n) is 21.3. The molecule has 0 aliphatic carbocycles. The Labute approximate surface area is 216 Å². The van der Waals surface area contributed by atoms with Gasteiger partial charge >= 0.3 is 0 Å². The Bertz CT molecular complexity index is 1580. The first kappa shape index (κ1) is 23.4. The van der Waals surface area contributed by atoms with Gasteiger partial charge in [-0.25, -0.2) is 0 Å². The first-order chi connectivity index (χ1) is 17.8. The molecule has 0 amide bonds. The number of nitriles is 1. The van der Waals surface area contributed by atoms with E-state index < -0.39 is 11.2 Å². The van der Waals surface area contributed by atoms with Crippen molar-refractivity contribution >= 4 is 10.8 Å². The van der Waals surface area contributed by atoms with Crippen LogP contribution in [-0.2, 0) is 15.9 Å². The molecule has 2 aliphatic heterocycles. The van der Waals surface area contributed by atoms with Crippen LogP contribution in [0.4, 0.5) is 0 Å². The van der Waals surface area contributed by atoms with Crippen LogP contribution in [0.5, 0.6) is 17.5 Å². The predicted octanol–water partition coefficient (Wildman–Crippen LogP) is 6.62. The fourth-order valence-electron chi connectivity index (χ4n) is 6.52. The summed E-state index contributed by atoms with van der Waals surface area (Å²) in [6.07, 6.45) is 2.76. The lowest BCUT2D eigenvalue weighted by molar-refractivity contribution is -0.0986. The maximum Gasteiger partial charge on any atom is 0.205 e. The lowest BCUT2D eigenvalue weighted by Crippen LogP contribution is -2.25. The summed E-state index contributed by atoms with van der Waals surface area (Å²) in [5.74, 6) is 0.811. The van der Waals surface area contributed by atoms with Crippen LogP contribution >= 0.6 is 0 Å². The molecule has 6 nitrogen and oxygen atoms in total. The Morgan fingerprint density at radius 3 is 2.27 bits per heavy atom. The average Bonchev–Trinajstić information content (AvgIpc) is 3.49. The van der Waals surface area contributed by atoms with Crippen molar-refractivity contribution in [3.8, 4) is 29.3 Å². The quantitative estimate of drug-likeness (QED) is 0.314. The molecule has 2 bridgehead atoms. The van der Waals surface area contributed by atoms with Crippen molar-refractivity contribution < 1.29 is 19.7 Å². The molecule has 2 aliphatic rings. The molecule has 1 fully saturated rings. The van der Waals surface area contributed by atoms with Gasteiger partial charge in [0.2, 0.25) is 11.8 Å². The molecule has 4 aromatic rings. The summed E-state index contributed by atoms with van der Waals surface area (Å²) < 4.78 is 14.4. The van der Waals surface area contributed by atoms with Gasteiger partial charge in [-0.2, -0.15) is 5.26 Å². The number of aryl methyl sites for hydroxylation is 2. The second-order valence-corrected chi connectivity index (χ2v) is 10.4. The molecule has 2 atom stereocenters. The van der Waals surface area contributed by atoms with Crippen molar-refractivity contribution in [2.24, 2.45) is 0 Å². The first-order valence-corrected chi connectivity index (χ1v) is 12.8. The van der Waals surface area contributed by atoms with Crippen molar-refractivity contribution in [3.63, 3.8) is 0 Å². The van der Waals surface area contributed by atoms with Gasteiger partial charge in [0, 0.05) is 17.2 Å². The highest BCUT2D eigenvalue weighted by molar-refractivity contribution is 5.95. The Morgan fingerprint density at radius 2 is 1.59 bits per heavy atom. The van der Waals surface area contributed by atoms with Gasteiger partial charge in [0.25, 0.3) is 0 Å². The minimum absolute atomic E-state index is 0.000938. The summed E-state index contributed by atoms with van der Waals surface area (Å²) >= 11 is 0. The smallest absolute Gasteiger partial charge is 0.205 e. The summed E-state index contributed by atoms with van der Waals surface area (Å²) in [5.41, 5.74) is 3.43. The first-order valence-electron chi connectivity index (χ1n) is 12.8. The predicted molar refractivity (Wildman–Crippen MR) is 141 cm³/mol. The molecule has 0 unspecified atom stereocenters. The molecule has 3 heterocycles. The maximum absolute atomic E-state index is 11.7. The Morgan fingerprint density at radius 1 is 0.946 bits per heavy atom. The molecule has 6 heteroatoms. The van der Waals surface area contributed by atoms with Crippen LogP contribution in [-0.4, -0.2) is 21.4 Å². The number of hydrogen-bond acceptors (Lipinski definition) is 5. The maximum atomic E-state index is 11.7. The number of aromatic nitrogens is 1. The third-order valence-electron chi connectivity index (χ3n) is 8.16. The molecule has 1 saturated heterocycles. The van der Waals surface area contributed by atoms with E-state index in [1.807, 2.05) is 50.2 Å². The van der Waals surface area contributed by atoms with Gasteiger partial charge in [-0.05, 0) is 68.5 Å². The third-order valence-corrected chi connectivity index (χ3v) is 8.16. The Kier molecular flexibility index (Phi) is 5.25. The van der Waals surface area contributed by atoms with Crippen LogP contribution < -0.4 is 4.74 Å². The number of aromatic hydroxyl groups is 2. The van der Waals surface area contributed by atoms with Crippen molar-refractivity contribution in [1.29, 1.82) is 5.26 Å². The van der Waals surface area contributed by atoms with E-state index >= 15 is 0 Å². The molecular weight excluding hydrogens is 464 g/mol. The third kappa shape index (κ3) is 3.34. The normalized spacial score (nSPS) is 21.8. The summed E-state index contributed by atoms with van der Waals surface area (Å²) in [7, 11) is 0. The molecule has 3 aromatic carbocycles. The lowest BCUT2D eigenvalue weighted by atomic mass is 9.76. The van der Waals surface area contributed by atoms with Gasteiger partial charge in [0.1, 0.15) is 11.4 Å². The number of hydrogen-bond donors (Lipinski definition) is 2. The summed E-state index contributed by atoms with van der Waals surface area (Å²) in [5, 5.41) is 34.4. The van der Waals surface area contributed by atoms with Gasteiger partial charge < -0.3 is 19.7 Å². The minimum atomic E-state index is -0.737. The van der Waals surface area contributed by atoms with Gasteiger partial charge in [-0.1, -0.05) is 37.3 Å². The zero-order chi connectivity index (χ0) is 25.9. The highest BCUT2D eigenvalue weighted by Crippen LogP contribution is 2.66. The number of nitrogens with zero attached hydrogens (tertiary/aromatic N) is 2. The van der Waals surface area contributed by atoms with Gasteiger partial charge in [-0.3, -0.25) is 4.57 Å². The second-order valence-electron chi connectivity index (χ2n) is 10.4. The van der Waals surface area contributed by atoms with Crippen molar-refractivity contribution in [3.05, 3.63) is 82.4 Å². The van der Waals surface area contributed by atoms with Gasteiger partial charge in [0.05, 0.1) is 40.7 Å². The highest BCUT2D eigenvalue weighted by Gasteiger charge is 2.62. The van der Waals surface area contributed by atoms with Gasteiger partial charge in [0.15, 0.2) is 0 Å². The van der Waals surface area contributed by atoms with E-state index in [0.717, 1.165) is 40.5 Å². The molecule has 6 rings (SSSR count). The van der Waals surface area contributed by atoms with Crippen molar-refractivity contribution in [2.45, 2.75) is 57.7 Å². The summed E-state index contributed by atoms with van der Waals surface area (Å²) in [4.78, 5) is 0. The standard InChI is InChI=1S/C31H30N2O4/c1-4-30-11-12-31(37-30,13-14-36-22-16-19(2)15-20(3)17-22)27-26(30)28(34)33(29(27)35)25-10-9-21(18-32)23-7-5-6-8-24(23)25/h5-10,15-17,34-35H,4,11-14H2,1-3H3/t30-,31-/m1/s1. The largest absolute Gasteiger partial charge is 0.494 e. The fraction of sp³-hybridized carbons (Fsp3) is 0.323. The van der Waals surface area contributed by atoms with Crippen molar-refractivity contribution in [1.82, 2.24) is 4.57 Å². The van der Waals surface area contributed by atoms with Crippen LogP contribution in [0.2, 0.25) is 0 Å². The van der Waals surface area contributed by atoms with Crippen LogP contribution in [0.3, 0.4) is 0 Å². The van der Waals surface area contributed by atoms with Gasteiger partial charge in [-0.15, -0.1) is 0 Å². The van der Waals surface area contributed by atoms with E-state index in [2.05, 4.69) is 19.1 Å². The molecule has 1 aromatic heterocycles. The van der Waals surface area contributed by atoms with Crippen LogP contribution in [0.25, 0.3) is 16.5 Å². The van der Waals surface area contributed by atoms with E-state index in [9.17, 15) is 15.5 Å². The highest BCUT2D eigenvalue weighted by atomic mass is 16.5. The SMILES string of the molecule is CC[C@]12CC[C@](CCOc3cc(C)cc(C)c3)(O1)c1c2c(O)n(-c2ccc(C#N)c3ccccc23)c1O. The summed E-state index contributed by atoms with van der Waals surface area (Å²) in [6.45, 7) is 6.58. The zero-order valence-corrected chi connectivity index (χ0v) is 21.3. The minimum Gasteiger partial charge on any atom is -0.494 e. The van der Waals surface area contributed by atoms with E-state index in [1.54, 1.807) is 12.1 Å². The molecule has 0 radical (unpaired) electrons. The number of rotatable bonds is 6. The molecule has 0 spiro atoms. The van der Waals surface area contributed by atoms with Crippen LogP contribution in [0, 0.1) is 25.2 Å². The number of benzene rings is 3. The second kappa shape index (κ2) is 8.29. The van der Waals surface area contributed by atoms with Crippen LogP contribution in [0.1, 0.15) is 60.4 Å². The Balaban J connectivity index is 1.44. The summed E-state index contributed by atoms with van der Waals surface area (Å²) in [6, 6.07) is 19.5. The molecular formula is C31H30N2O4. The van der Waals surface area contributed by atoms with Crippen molar-refractivity contribution in [2.75, 3.05) is 6.61 Å². The average molecular weight is 495 g/mol. The Hall–Kier alpha value is -3.95. The van der Waals surface area contributed by atoms with E-state index in [-0.39, 0.29) is 11.8 Å². The number of ether oxygens (including phenoxy) is 2. The monoisotopic (exact) mass is 494 g/mol. The fourth-order valence-corrected chi connectivity index (χ4v) is 6.52. The van der Waals surface area contributed by atoms with Crippen LogP contribution in [0.15, 0.2) is 54.6 Å². The van der Waals surface area contributed by atoms with E-state index in [0.29, 0.717) is 41.8 Å². The molecule has 0 saturated carbocycles. The molecule has 37 heavy (non-hydrogen) atoms. The molecule has 188 valence electrons. The molecule has 2 N–H and O–H groups in total. The lowest BCUT2D eigenvalue weighted by Gasteiger charge is -2.27. The van der Waals surface area contributed by atoms with E-state index in [4.69, 9.17) is 9.47 Å².